The lowest BCUT2D eigenvalue weighted by atomic mass is 10.3. The highest BCUT2D eigenvalue weighted by atomic mass is 32.2. The van der Waals surface area contributed by atoms with E-state index in [1.54, 1.807) is 0 Å². The number of hydrogen-bond acceptors (Lipinski definition) is 3. The first-order chi connectivity index (χ1) is 7.24. The molecule has 0 aliphatic carbocycles. The molecule has 2 amide bonds. The largest absolute Gasteiger partial charge is 0.378 e. The summed E-state index contributed by atoms with van der Waals surface area (Å²) in [4.78, 5) is 13.4. The van der Waals surface area contributed by atoms with Crippen LogP contribution in [-0.4, -0.2) is 55.3 Å². The number of thioether (sulfide) groups is 1. The van der Waals surface area contributed by atoms with Crippen LogP contribution in [0.2, 0.25) is 0 Å². The van der Waals surface area contributed by atoms with Crippen molar-refractivity contribution in [2.45, 2.75) is 18.6 Å². The Morgan fingerprint density at radius 2 is 2.20 bits per heavy atom. The van der Waals surface area contributed by atoms with Crippen LogP contribution < -0.4 is 5.32 Å². The van der Waals surface area contributed by atoms with E-state index in [9.17, 15) is 4.79 Å². The predicted octanol–water partition coefficient (Wildman–Crippen LogP) is 1.17. The Balaban J connectivity index is 2.12. The van der Waals surface area contributed by atoms with E-state index < -0.39 is 0 Å². The molecule has 0 aromatic rings. The number of rotatable bonds is 4. The van der Waals surface area contributed by atoms with Gasteiger partial charge in [0.2, 0.25) is 0 Å². The Morgan fingerprint density at radius 3 is 2.80 bits per heavy atom. The number of nitrogens with one attached hydrogen (secondary N) is 1. The second-order valence-electron chi connectivity index (χ2n) is 3.67. The summed E-state index contributed by atoms with van der Waals surface area (Å²) < 4.78 is 5.18. The van der Waals surface area contributed by atoms with Crippen LogP contribution in [0.15, 0.2) is 0 Å². The molecule has 88 valence electrons. The number of morpholine rings is 1. The Kier molecular flexibility index (Phi) is 5.86. The van der Waals surface area contributed by atoms with Crippen LogP contribution in [0.4, 0.5) is 4.79 Å². The van der Waals surface area contributed by atoms with Gasteiger partial charge in [0.1, 0.15) is 0 Å². The molecule has 0 bridgehead atoms. The van der Waals surface area contributed by atoms with Crippen LogP contribution >= 0.6 is 11.8 Å². The quantitative estimate of drug-likeness (QED) is 0.791. The number of amides is 2. The first-order valence-electron chi connectivity index (χ1n) is 5.37. The fourth-order valence-electron chi connectivity index (χ4n) is 1.38. The van der Waals surface area contributed by atoms with E-state index in [1.165, 1.54) is 0 Å². The first-order valence-corrected chi connectivity index (χ1v) is 6.66. The molecular formula is C10H20N2O2S. The molecule has 5 heteroatoms. The lowest BCUT2D eigenvalue weighted by Gasteiger charge is -2.27. The van der Waals surface area contributed by atoms with Crippen molar-refractivity contribution in [3.63, 3.8) is 0 Å². The molecule has 0 saturated carbocycles. The summed E-state index contributed by atoms with van der Waals surface area (Å²) in [5, 5.41) is 3.54. The molecule has 1 unspecified atom stereocenters. The van der Waals surface area contributed by atoms with Gasteiger partial charge in [-0.25, -0.2) is 4.79 Å². The van der Waals surface area contributed by atoms with Crippen LogP contribution in [0, 0.1) is 0 Å². The zero-order valence-electron chi connectivity index (χ0n) is 9.49. The third-order valence-electron chi connectivity index (χ3n) is 2.53. The Morgan fingerprint density at radius 1 is 1.53 bits per heavy atom. The van der Waals surface area contributed by atoms with Gasteiger partial charge in [-0.2, -0.15) is 11.8 Å². The smallest absolute Gasteiger partial charge is 0.317 e. The van der Waals surface area contributed by atoms with E-state index in [4.69, 9.17) is 4.74 Å². The minimum atomic E-state index is 0.0478. The summed E-state index contributed by atoms with van der Waals surface area (Å²) in [7, 11) is 0. The number of hydrogen-bond donors (Lipinski definition) is 1. The molecule has 1 fully saturated rings. The lowest BCUT2D eigenvalue weighted by molar-refractivity contribution is 0.0532. The molecule has 0 radical (unpaired) electrons. The monoisotopic (exact) mass is 232 g/mol. The Hall–Kier alpha value is -0.420. The van der Waals surface area contributed by atoms with Crippen molar-refractivity contribution in [1.82, 2.24) is 10.2 Å². The van der Waals surface area contributed by atoms with Gasteiger partial charge in [0.15, 0.2) is 0 Å². The summed E-state index contributed by atoms with van der Waals surface area (Å²) in [5.41, 5.74) is 0. The number of carbonyl (C=O) groups is 1. The number of carbonyl (C=O) groups excluding carboxylic acids is 1. The minimum absolute atomic E-state index is 0.0478. The highest BCUT2D eigenvalue weighted by Crippen LogP contribution is 2.08. The van der Waals surface area contributed by atoms with Gasteiger partial charge < -0.3 is 15.0 Å². The lowest BCUT2D eigenvalue weighted by Crippen LogP contribution is -2.46. The normalized spacial score (nSPS) is 18.7. The highest BCUT2D eigenvalue weighted by molar-refractivity contribution is 7.99. The Bertz CT molecular complexity index is 196. The van der Waals surface area contributed by atoms with Crippen LogP contribution in [0.1, 0.15) is 13.3 Å². The summed E-state index contributed by atoms with van der Waals surface area (Å²) in [6.45, 7) is 5.68. The summed E-state index contributed by atoms with van der Waals surface area (Å²) in [6, 6.07) is 0.0478. The molecule has 4 nitrogen and oxygen atoms in total. The molecule has 1 rings (SSSR count). The van der Waals surface area contributed by atoms with Gasteiger partial charge in [0, 0.05) is 24.9 Å². The SMILES string of the molecule is CSC(C)CCNC(=O)N1CCOCC1. The fourth-order valence-corrected chi connectivity index (χ4v) is 1.73. The van der Waals surface area contributed by atoms with E-state index in [0.29, 0.717) is 31.6 Å². The zero-order valence-corrected chi connectivity index (χ0v) is 10.3. The standard InChI is InChI=1S/C10H20N2O2S/c1-9(15-2)3-4-11-10(13)12-5-7-14-8-6-12/h9H,3-8H2,1-2H3,(H,11,13). The molecule has 0 spiro atoms. The number of ether oxygens (including phenoxy) is 1. The van der Waals surface area contributed by atoms with Crippen molar-refractivity contribution in [3.05, 3.63) is 0 Å². The molecule has 1 aliphatic heterocycles. The van der Waals surface area contributed by atoms with Gasteiger partial charge in [-0.15, -0.1) is 0 Å². The van der Waals surface area contributed by atoms with Crippen molar-refractivity contribution >= 4 is 17.8 Å². The van der Waals surface area contributed by atoms with E-state index in [2.05, 4.69) is 18.5 Å². The molecular weight excluding hydrogens is 212 g/mol. The molecule has 1 atom stereocenters. The molecule has 0 aromatic carbocycles. The maximum atomic E-state index is 11.6. The Labute approximate surface area is 95.7 Å². The molecule has 1 heterocycles. The molecule has 1 saturated heterocycles. The van der Waals surface area contributed by atoms with Crippen LogP contribution in [0.3, 0.4) is 0 Å². The molecule has 1 N–H and O–H groups in total. The summed E-state index contributed by atoms with van der Waals surface area (Å²) >= 11 is 1.83. The van der Waals surface area contributed by atoms with Gasteiger partial charge in [0.25, 0.3) is 0 Å². The second kappa shape index (κ2) is 6.95. The van der Waals surface area contributed by atoms with Gasteiger partial charge in [-0.1, -0.05) is 6.92 Å². The summed E-state index contributed by atoms with van der Waals surface area (Å²) in [6.07, 6.45) is 3.12. The summed E-state index contributed by atoms with van der Waals surface area (Å²) in [5.74, 6) is 0. The fraction of sp³-hybridized carbons (Fsp3) is 0.900. The highest BCUT2D eigenvalue weighted by Gasteiger charge is 2.15. The van der Waals surface area contributed by atoms with Gasteiger partial charge >= 0.3 is 6.03 Å². The van der Waals surface area contributed by atoms with Crippen molar-refractivity contribution in [2.75, 3.05) is 39.1 Å². The zero-order chi connectivity index (χ0) is 11.1. The van der Waals surface area contributed by atoms with Gasteiger partial charge in [0.05, 0.1) is 13.2 Å². The average molecular weight is 232 g/mol. The maximum absolute atomic E-state index is 11.6. The van der Waals surface area contributed by atoms with Gasteiger partial charge in [-0.3, -0.25) is 0 Å². The van der Waals surface area contributed by atoms with Crippen molar-refractivity contribution in [3.8, 4) is 0 Å². The van der Waals surface area contributed by atoms with Crippen LogP contribution in [-0.2, 0) is 4.74 Å². The number of urea groups is 1. The van der Waals surface area contributed by atoms with E-state index >= 15 is 0 Å². The molecule has 15 heavy (non-hydrogen) atoms. The number of nitrogens with zero attached hydrogens (tertiary/aromatic N) is 1. The molecule has 0 aromatic heterocycles. The van der Waals surface area contributed by atoms with E-state index in [-0.39, 0.29) is 6.03 Å². The average Bonchev–Trinajstić information content (AvgIpc) is 2.29. The third-order valence-corrected chi connectivity index (χ3v) is 3.57. The van der Waals surface area contributed by atoms with Crippen molar-refractivity contribution < 1.29 is 9.53 Å². The van der Waals surface area contributed by atoms with Gasteiger partial charge in [-0.05, 0) is 12.7 Å². The van der Waals surface area contributed by atoms with E-state index in [0.717, 1.165) is 13.0 Å². The van der Waals surface area contributed by atoms with E-state index in [1.807, 2.05) is 16.7 Å². The van der Waals surface area contributed by atoms with Crippen molar-refractivity contribution in [1.29, 1.82) is 0 Å². The minimum Gasteiger partial charge on any atom is -0.378 e. The van der Waals surface area contributed by atoms with Crippen molar-refractivity contribution in [2.24, 2.45) is 0 Å². The second-order valence-corrected chi connectivity index (χ2v) is 4.94. The third kappa shape index (κ3) is 4.75. The molecule has 1 aliphatic rings. The first kappa shape index (κ1) is 12.6. The predicted molar refractivity (Wildman–Crippen MR) is 63.4 cm³/mol. The topological polar surface area (TPSA) is 41.6 Å². The van der Waals surface area contributed by atoms with Crippen LogP contribution in [0.25, 0.3) is 0 Å². The van der Waals surface area contributed by atoms with Crippen LogP contribution in [0.5, 0.6) is 0 Å². The maximum Gasteiger partial charge on any atom is 0.317 e.